The first-order valence-corrected chi connectivity index (χ1v) is 6.87. The van der Waals surface area contributed by atoms with Crippen LogP contribution >= 0.6 is 0 Å². The summed E-state index contributed by atoms with van der Waals surface area (Å²) >= 11 is 0. The molecule has 2 heteroatoms. The van der Waals surface area contributed by atoms with Gasteiger partial charge < -0.3 is 0 Å². The van der Waals surface area contributed by atoms with Crippen LogP contribution in [-0.4, -0.2) is 11.6 Å². The van der Waals surface area contributed by atoms with Crippen LogP contribution in [0.15, 0.2) is 42.5 Å². The van der Waals surface area contributed by atoms with Gasteiger partial charge in [0.15, 0.2) is 11.6 Å². The lowest BCUT2D eigenvalue weighted by atomic mass is 9.95. The van der Waals surface area contributed by atoms with E-state index in [1.54, 1.807) is 6.07 Å². The number of rotatable bonds is 2. The lowest BCUT2D eigenvalue weighted by Gasteiger charge is -2.09. The normalized spacial score (nSPS) is 13.9. The van der Waals surface area contributed by atoms with Gasteiger partial charge in [-0.2, -0.15) is 0 Å². The number of carbonyl (C=O) groups is 2. The minimum Gasteiger partial charge on any atom is -0.294 e. The van der Waals surface area contributed by atoms with Crippen molar-refractivity contribution in [2.45, 2.75) is 26.2 Å². The van der Waals surface area contributed by atoms with Crippen molar-refractivity contribution in [3.05, 3.63) is 59.2 Å². The first-order valence-electron chi connectivity index (χ1n) is 6.87. The van der Waals surface area contributed by atoms with Crippen molar-refractivity contribution in [3.63, 3.8) is 0 Å². The predicted octanol–water partition coefficient (Wildman–Crippen LogP) is 4.25. The quantitative estimate of drug-likeness (QED) is 0.760. The molecule has 0 aromatic heterocycles. The molecule has 0 fully saturated rings. The van der Waals surface area contributed by atoms with Crippen LogP contribution in [0.3, 0.4) is 0 Å². The highest BCUT2D eigenvalue weighted by molar-refractivity contribution is 6.24. The minimum atomic E-state index is -0.0631. The van der Waals surface area contributed by atoms with E-state index in [0.29, 0.717) is 17.0 Å². The Bertz CT molecular complexity index is 711. The van der Waals surface area contributed by atoms with Crippen molar-refractivity contribution in [2.75, 3.05) is 0 Å². The fraction of sp³-hybridized carbons (Fsp3) is 0.222. The molecule has 2 aromatic rings. The van der Waals surface area contributed by atoms with E-state index in [1.165, 1.54) is 5.56 Å². The molecule has 0 unspecified atom stereocenters. The largest absolute Gasteiger partial charge is 0.294 e. The lowest BCUT2D eigenvalue weighted by Crippen LogP contribution is -1.93. The molecule has 0 atom stereocenters. The molecule has 100 valence electrons. The van der Waals surface area contributed by atoms with Gasteiger partial charge in [0.05, 0.1) is 6.42 Å². The van der Waals surface area contributed by atoms with Crippen molar-refractivity contribution >= 4 is 11.6 Å². The maximum Gasteiger partial charge on any atom is 0.171 e. The Morgan fingerprint density at radius 1 is 0.850 bits per heavy atom. The molecule has 2 nitrogen and oxygen atoms in total. The summed E-state index contributed by atoms with van der Waals surface area (Å²) in [7, 11) is 0. The number of Topliss-reactive ketones (excluding diaryl/α,β-unsaturated/α-hetero) is 2. The summed E-state index contributed by atoms with van der Waals surface area (Å²) < 4.78 is 0. The van der Waals surface area contributed by atoms with Crippen LogP contribution in [0.4, 0.5) is 0 Å². The predicted molar refractivity (Wildman–Crippen MR) is 79.2 cm³/mol. The monoisotopic (exact) mass is 264 g/mol. The van der Waals surface area contributed by atoms with E-state index in [-0.39, 0.29) is 18.0 Å². The lowest BCUT2D eigenvalue weighted by molar-refractivity contribution is 0.0923. The number of benzene rings is 2. The number of hydrogen-bond donors (Lipinski definition) is 0. The summed E-state index contributed by atoms with van der Waals surface area (Å²) in [5, 5.41) is 0. The molecule has 2 aromatic carbocycles. The average molecular weight is 264 g/mol. The fourth-order valence-electron chi connectivity index (χ4n) is 2.61. The Labute approximate surface area is 118 Å². The van der Waals surface area contributed by atoms with Gasteiger partial charge in [-0.3, -0.25) is 9.59 Å². The minimum absolute atomic E-state index is 0.0187. The third-order valence-electron chi connectivity index (χ3n) is 3.83. The van der Waals surface area contributed by atoms with E-state index in [4.69, 9.17) is 0 Å². The van der Waals surface area contributed by atoms with Gasteiger partial charge in [0.2, 0.25) is 0 Å². The van der Waals surface area contributed by atoms with Crippen molar-refractivity contribution in [1.82, 2.24) is 0 Å². The van der Waals surface area contributed by atoms with Gasteiger partial charge in [-0.1, -0.05) is 50.2 Å². The molecule has 0 radical (unpaired) electrons. The van der Waals surface area contributed by atoms with E-state index < -0.39 is 0 Å². The molecule has 0 saturated carbocycles. The van der Waals surface area contributed by atoms with Crippen LogP contribution in [0.2, 0.25) is 0 Å². The standard InChI is InChI=1S/C18H16O2/c1-11(2)12-4-3-5-13(8-12)14-6-7-15-16(9-14)18(20)10-17(15)19/h3-9,11H,10H2,1-2H3. The molecule has 3 rings (SSSR count). The molecular weight excluding hydrogens is 248 g/mol. The number of carbonyl (C=O) groups excluding carboxylic acids is 2. The maximum atomic E-state index is 11.8. The molecular formula is C18H16O2. The van der Waals surface area contributed by atoms with E-state index in [2.05, 4.69) is 26.0 Å². The van der Waals surface area contributed by atoms with Crippen LogP contribution in [0.25, 0.3) is 11.1 Å². The Hall–Kier alpha value is -2.22. The number of ketones is 2. The molecule has 0 N–H and O–H groups in total. The van der Waals surface area contributed by atoms with Crippen LogP contribution < -0.4 is 0 Å². The van der Waals surface area contributed by atoms with E-state index in [1.807, 2.05) is 24.3 Å². The van der Waals surface area contributed by atoms with Gasteiger partial charge in [0, 0.05) is 11.1 Å². The zero-order valence-corrected chi connectivity index (χ0v) is 11.6. The second kappa shape index (κ2) is 4.71. The van der Waals surface area contributed by atoms with Crippen LogP contribution in [0, 0.1) is 0 Å². The summed E-state index contributed by atoms with van der Waals surface area (Å²) in [5.74, 6) is 0.340. The van der Waals surface area contributed by atoms with Crippen molar-refractivity contribution in [1.29, 1.82) is 0 Å². The molecule has 1 aliphatic rings. The van der Waals surface area contributed by atoms with Crippen molar-refractivity contribution in [2.24, 2.45) is 0 Å². The van der Waals surface area contributed by atoms with Crippen molar-refractivity contribution in [3.8, 4) is 11.1 Å². The first kappa shape index (κ1) is 12.8. The van der Waals surface area contributed by atoms with Gasteiger partial charge in [-0.25, -0.2) is 0 Å². The zero-order valence-electron chi connectivity index (χ0n) is 11.6. The maximum absolute atomic E-state index is 11.8. The second-order valence-electron chi connectivity index (χ2n) is 5.56. The Kier molecular flexibility index (Phi) is 3.01. The van der Waals surface area contributed by atoms with Crippen LogP contribution in [0.5, 0.6) is 0 Å². The summed E-state index contributed by atoms with van der Waals surface area (Å²) in [6.45, 7) is 4.31. The Morgan fingerprint density at radius 2 is 1.55 bits per heavy atom. The van der Waals surface area contributed by atoms with Gasteiger partial charge in [-0.05, 0) is 28.7 Å². The van der Waals surface area contributed by atoms with Gasteiger partial charge in [-0.15, -0.1) is 0 Å². The molecule has 0 saturated heterocycles. The smallest absolute Gasteiger partial charge is 0.171 e. The second-order valence-corrected chi connectivity index (χ2v) is 5.56. The van der Waals surface area contributed by atoms with Crippen LogP contribution in [0.1, 0.15) is 52.5 Å². The Balaban J connectivity index is 2.08. The highest BCUT2D eigenvalue weighted by Crippen LogP contribution is 2.29. The third-order valence-corrected chi connectivity index (χ3v) is 3.83. The van der Waals surface area contributed by atoms with Gasteiger partial charge in [0.1, 0.15) is 0 Å². The van der Waals surface area contributed by atoms with E-state index in [0.717, 1.165) is 11.1 Å². The average Bonchev–Trinajstić information content (AvgIpc) is 2.74. The molecule has 0 spiro atoms. The number of fused-ring (bicyclic) bond motifs is 1. The molecule has 0 heterocycles. The Morgan fingerprint density at radius 3 is 2.30 bits per heavy atom. The molecule has 0 amide bonds. The summed E-state index contributed by atoms with van der Waals surface area (Å²) in [6, 6.07) is 13.9. The SMILES string of the molecule is CC(C)c1cccc(-c2ccc3c(c2)C(=O)CC3=O)c1. The highest BCUT2D eigenvalue weighted by Gasteiger charge is 2.27. The van der Waals surface area contributed by atoms with Gasteiger partial charge >= 0.3 is 0 Å². The van der Waals surface area contributed by atoms with Crippen LogP contribution in [-0.2, 0) is 0 Å². The van der Waals surface area contributed by atoms with Crippen molar-refractivity contribution < 1.29 is 9.59 Å². The van der Waals surface area contributed by atoms with Gasteiger partial charge in [0.25, 0.3) is 0 Å². The third kappa shape index (κ3) is 2.07. The number of hydrogen-bond acceptors (Lipinski definition) is 2. The molecule has 0 aliphatic heterocycles. The van der Waals surface area contributed by atoms with E-state index in [9.17, 15) is 9.59 Å². The summed E-state index contributed by atoms with van der Waals surface area (Å²) in [4.78, 5) is 23.5. The topological polar surface area (TPSA) is 34.1 Å². The summed E-state index contributed by atoms with van der Waals surface area (Å²) in [5.41, 5.74) is 4.49. The highest BCUT2D eigenvalue weighted by atomic mass is 16.2. The van der Waals surface area contributed by atoms with E-state index >= 15 is 0 Å². The molecule has 20 heavy (non-hydrogen) atoms. The zero-order chi connectivity index (χ0) is 14.3. The fourth-order valence-corrected chi connectivity index (χ4v) is 2.61. The molecule has 0 bridgehead atoms. The first-order chi connectivity index (χ1) is 9.56. The summed E-state index contributed by atoms with van der Waals surface area (Å²) in [6.07, 6.45) is 0.0187. The molecule has 1 aliphatic carbocycles.